The maximum atomic E-state index is 13.1. The highest BCUT2D eigenvalue weighted by molar-refractivity contribution is 6.01. The number of benzene rings is 2. The van der Waals surface area contributed by atoms with Crippen LogP contribution < -0.4 is 10.1 Å². The smallest absolute Gasteiger partial charge is 0.419 e. The number of hydrogen-bond acceptors (Lipinski definition) is 3. The first-order valence-corrected chi connectivity index (χ1v) is 10.7. The van der Waals surface area contributed by atoms with Crippen molar-refractivity contribution < 1.29 is 27.5 Å². The minimum absolute atomic E-state index is 0.178. The summed E-state index contributed by atoms with van der Waals surface area (Å²) in [5, 5.41) is 2.68. The van der Waals surface area contributed by atoms with Crippen molar-refractivity contribution >= 4 is 17.8 Å². The van der Waals surface area contributed by atoms with Crippen molar-refractivity contribution in [1.29, 1.82) is 0 Å². The number of halogens is 3. The minimum atomic E-state index is -4.52. The second-order valence-corrected chi connectivity index (χ2v) is 8.02. The predicted molar refractivity (Wildman–Crippen MR) is 116 cm³/mol. The van der Waals surface area contributed by atoms with Crippen LogP contribution in [0.15, 0.2) is 54.2 Å². The number of Topliss-reactive ketones (excluding diaryl/α,β-unsaturated/α-hetero) is 1. The maximum Gasteiger partial charge on any atom is 0.419 e. The second kappa shape index (κ2) is 10.5. The number of carbonyl (C=O) groups excluding carboxylic acids is 2. The molecule has 1 fully saturated rings. The summed E-state index contributed by atoms with van der Waals surface area (Å²) in [6.45, 7) is 1.37. The van der Waals surface area contributed by atoms with Gasteiger partial charge in [-0.3, -0.25) is 9.59 Å². The molecule has 7 heteroatoms. The highest BCUT2D eigenvalue weighted by Crippen LogP contribution is 2.37. The van der Waals surface area contributed by atoms with Gasteiger partial charge in [-0.25, -0.2) is 0 Å². The molecule has 0 aromatic heterocycles. The van der Waals surface area contributed by atoms with Crippen LogP contribution in [0.5, 0.6) is 11.5 Å². The summed E-state index contributed by atoms with van der Waals surface area (Å²) < 4.78 is 44.8. The van der Waals surface area contributed by atoms with E-state index in [4.69, 9.17) is 4.74 Å². The molecule has 32 heavy (non-hydrogen) atoms. The molecular formula is C25H26F3NO3. The number of alkyl halides is 3. The third kappa shape index (κ3) is 6.70. The largest absolute Gasteiger partial charge is 0.457 e. The molecule has 4 nitrogen and oxygen atoms in total. The predicted octanol–water partition coefficient (Wildman–Crippen LogP) is 6.51. The van der Waals surface area contributed by atoms with E-state index < -0.39 is 11.7 Å². The highest BCUT2D eigenvalue weighted by Gasteiger charge is 2.34. The zero-order valence-corrected chi connectivity index (χ0v) is 17.9. The third-order valence-electron chi connectivity index (χ3n) is 5.52. The number of ether oxygens (including phenoxy) is 1. The molecule has 0 aliphatic heterocycles. The Hall–Kier alpha value is -3.09. The van der Waals surface area contributed by atoms with Crippen LogP contribution in [0, 0.1) is 5.92 Å². The van der Waals surface area contributed by atoms with Crippen molar-refractivity contribution in [3.63, 3.8) is 0 Å². The van der Waals surface area contributed by atoms with E-state index in [-0.39, 0.29) is 28.9 Å². The van der Waals surface area contributed by atoms with Gasteiger partial charge in [0.15, 0.2) is 5.78 Å². The summed E-state index contributed by atoms with van der Waals surface area (Å²) in [6.07, 6.45) is 2.96. The van der Waals surface area contributed by atoms with Crippen LogP contribution in [0.25, 0.3) is 6.08 Å². The Morgan fingerprint density at radius 2 is 1.72 bits per heavy atom. The molecule has 0 radical (unpaired) electrons. The summed E-state index contributed by atoms with van der Waals surface area (Å²) in [4.78, 5) is 24.2. The van der Waals surface area contributed by atoms with E-state index in [1.54, 1.807) is 18.2 Å². The zero-order chi connectivity index (χ0) is 23.1. The normalized spacial score (nSPS) is 14.9. The molecule has 2 aromatic rings. The van der Waals surface area contributed by atoms with Crippen molar-refractivity contribution in [3.05, 3.63) is 65.4 Å². The second-order valence-electron chi connectivity index (χ2n) is 8.02. The Morgan fingerprint density at radius 3 is 2.34 bits per heavy atom. The Morgan fingerprint density at radius 1 is 1.06 bits per heavy atom. The van der Waals surface area contributed by atoms with Gasteiger partial charge in [0.25, 0.3) is 0 Å². The first-order chi connectivity index (χ1) is 15.2. The standard InChI is InChI=1S/C25H26F3NO3/c1-17(30)22(29-24(31)15-12-18-6-2-3-7-18)16-19-10-13-20(14-11-19)32-23-9-5-4-8-21(23)25(26,27)28/h4-5,8-11,13-14,16,18H,2-3,6-7,12,15H2,1H3,(H,29,31)/b22-16-. The van der Waals surface area contributed by atoms with Gasteiger partial charge in [0, 0.05) is 13.3 Å². The molecule has 0 unspecified atom stereocenters. The number of para-hydroxylation sites is 1. The Bertz CT molecular complexity index is 975. The first kappa shape index (κ1) is 23.6. The van der Waals surface area contributed by atoms with E-state index in [0.717, 1.165) is 25.3 Å². The fraction of sp³-hybridized carbons (Fsp3) is 0.360. The van der Waals surface area contributed by atoms with Crippen molar-refractivity contribution in [1.82, 2.24) is 5.32 Å². The lowest BCUT2D eigenvalue weighted by Crippen LogP contribution is -2.26. The Balaban J connectivity index is 1.65. The number of amides is 1. The Labute approximate surface area is 185 Å². The van der Waals surface area contributed by atoms with Gasteiger partial charge in [-0.05, 0) is 48.2 Å². The summed E-state index contributed by atoms with van der Waals surface area (Å²) >= 11 is 0. The average Bonchev–Trinajstić information content (AvgIpc) is 3.26. The van der Waals surface area contributed by atoms with E-state index >= 15 is 0 Å². The van der Waals surface area contributed by atoms with Crippen molar-refractivity contribution in [3.8, 4) is 11.5 Å². The van der Waals surface area contributed by atoms with Gasteiger partial charge in [-0.15, -0.1) is 0 Å². The van der Waals surface area contributed by atoms with Gasteiger partial charge < -0.3 is 10.1 Å². The molecule has 3 rings (SSSR count). The molecular weight excluding hydrogens is 419 g/mol. The van der Waals surface area contributed by atoms with Crippen LogP contribution in [0.4, 0.5) is 13.2 Å². The molecule has 1 saturated carbocycles. The molecule has 1 amide bonds. The molecule has 170 valence electrons. The Kier molecular flexibility index (Phi) is 7.72. The van der Waals surface area contributed by atoms with Gasteiger partial charge in [-0.2, -0.15) is 13.2 Å². The molecule has 1 N–H and O–H groups in total. The SMILES string of the molecule is CC(=O)/C(=C/c1ccc(Oc2ccccc2C(F)(F)F)cc1)NC(=O)CCC1CCCC1. The zero-order valence-electron chi connectivity index (χ0n) is 17.9. The van der Waals surface area contributed by atoms with E-state index in [1.807, 2.05) is 0 Å². The molecule has 2 aromatic carbocycles. The molecule has 1 aliphatic rings. The quantitative estimate of drug-likeness (QED) is 0.471. The number of nitrogens with one attached hydrogen (secondary N) is 1. The van der Waals surface area contributed by atoms with Crippen LogP contribution in [-0.2, 0) is 15.8 Å². The monoisotopic (exact) mass is 445 g/mol. The van der Waals surface area contributed by atoms with Gasteiger partial charge in [0.05, 0.1) is 11.3 Å². The lowest BCUT2D eigenvalue weighted by Gasteiger charge is -2.13. The summed E-state index contributed by atoms with van der Waals surface area (Å²) in [5.74, 6) is 0.0484. The van der Waals surface area contributed by atoms with Crippen molar-refractivity contribution in [2.24, 2.45) is 5.92 Å². The number of rotatable bonds is 8. The van der Waals surface area contributed by atoms with Crippen LogP contribution in [0.2, 0.25) is 0 Å². The van der Waals surface area contributed by atoms with Crippen molar-refractivity contribution in [2.75, 3.05) is 0 Å². The summed E-state index contributed by atoms with van der Waals surface area (Å²) in [5.41, 5.74) is -0.0663. The van der Waals surface area contributed by atoms with Gasteiger partial charge >= 0.3 is 6.18 Å². The molecule has 0 bridgehead atoms. The molecule has 1 aliphatic carbocycles. The van der Waals surface area contributed by atoms with Crippen molar-refractivity contribution in [2.45, 2.75) is 51.6 Å². The molecule has 0 spiro atoms. The van der Waals surface area contributed by atoms with E-state index in [9.17, 15) is 22.8 Å². The van der Waals surface area contributed by atoms with Crippen LogP contribution in [0.1, 0.15) is 56.6 Å². The number of hydrogen-bond donors (Lipinski definition) is 1. The van der Waals surface area contributed by atoms with E-state index in [2.05, 4.69) is 5.32 Å². The van der Waals surface area contributed by atoms with Gasteiger partial charge in [0.2, 0.25) is 5.91 Å². The van der Waals surface area contributed by atoms with Gasteiger partial charge in [-0.1, -0.05) is 49.9 Å². The number of ketones is 1. The lowest BCUT2D eigenvalue weighted by molar-refractivity contribution is -0.138. The van der Waals surface area contributed by atoms with E-state index in [0.29, 0.717) is 17.9 Å². The average molecular weight is 445 g/mol. The van der Waals surface area contributed by atoms with Crippen LogP contribution in [-0.4, -0.2) is 11.7 Å². The highest BCUT2D eigenvalue weighted by atomic mass is 19.4. The first-order valence-electron chi connectivity index (χ1n) is 10.7. The van der Waals surface area contributed by atoms with Crippen LogP contribution in [0.3, 0.4) is 0 Å². The molecule has 0 atom stereocenters. The minimum Gasteiger partial charge on any atom is -0.457 e. The van der Waals surface area contributed by atoms with Gasteiger partial charge in [0.1, 0.15) is 11.5 Å². The summed E-state index contributed by atoms with van der Waals surface area (Å²) in [6, 6.07) is 11.2. The number of allylic oxidation sites excluding steroid dienone is 1. The third-order valence-corrected chi connectivity index (χ3v) is 5.52. The topological polar surface area (TPSA) is 55.4 Å². The lowest BCUT2D eigenvalue weighted by atomic mass is 10.0. The molecule has 0 saturated heterocycles. The maximum absolute atomic E-state index is 13.1. The molecule has 0 heterocycles. The fourth-order valence-corrected chi connectivity index (χ4v) is 3.79. The number of carbonyl (C=O) groups is 2. The van der Waals surface area contributed by atoms with E-state index in [1.165, 1.54) is 50.1 Å². The van der Waals surface area contributed by atoms with Crippen LogP contribution >= 0.6 is 0 Å². The fourth-order valence-electron chi connectivity index (χ4n) is 3.79. The summed E-state index contributed by atoms with van der Waals surface area (Å²) in [7, 11) is 0.